The molecule has 0 saturated heterocycles. The highest BCUT2D eigenvalue weighted by Gasteiger charge is 2.32. The molecule has 4 heteroatoms. The summed E-state index contributed by atoms with van der Waals surface area (Å²) in [4.78, 5) is 0. The summed E-state index contributed by atoms with van der Waals surface area (Å²) in [7, 11) is 0. The van der Waals surface area contributed by atoms with Gasteiger partial charge in [-0.1, -0.05) is 120 Å². The van der Waals surface area contributed by atoms with E-state index in [1.54, 1.807) is 0 Å². The van der Waals surface area contributed by atoms with Crippen LogP contribution in [-0.2, 0) is 10.8 Å². The normalized spacial score (nSPS) is 12.9. The van der Waals surface area contributed by atoms with E-state index in [0.29, 0.717) is 17.2 Å². The Morgan fingerprint density at radius 3 is 1.69 bits per heavy atom. The van der Waals surface area contributed by atoms with Gasteiger partial charge in [-0.25, -0.2) is 0 Å². The van der Waals surface area contributed by atoms with Crippen molar-refractivity contribution in [3.63, 3.8) is 0 Å². The second kappa shape index (κ2) is 12.5. The molecule has 0 saturated carbocycles. The van der Waals surface area contributed by atoms with E-state index in [1.165, 1.54) is 11.1 Å². The topological polar surface area (TPSA) is 58.9 Å². The van der Waals surface area contributed by atoms with Gasteiger partial charge in [-0.15, -0.1) is 0 Å². The molecule has 4 nitrogen and oxygen atoms in total. The molecule has 240 valence electrons. The van der Waals surface area contributed by atoms with Crippen molar-refractivity contribution in [2.75, 3.05) is 6.79 Å². The van der Waals surface area contributed by atoms with Crippen molar-refractivity contribution in [3.8, 4) is 23.0 Å². The fraction of sp³-hybridized carbons (Fsp3) is 0.415. The summed E-state index contributed by atoms with van der Waals surface area (Å²) in [5, 5.41) is 26.1. The highest BCUT2D eigenvalue weighted by molar-refractivity contribution is 5.97. The summed E-state index contributed by atoms with van der Waals surface area (Å²) in [5.41, 5.74) is 5.24. The standard InChI is InChI=1S/C41H52O4/c1-25(2)21-22-40(9,10)33-28(5)37(31-19-15-14-18-30(31)36(33)43)44-24-45-38-32-20-16-13-17-29(32)35(42)27(4)34(38)41(11,12)23-26(3)39(6,7)8/h13-21,23,42-43H,22,24H2,1-12H3/b26-23+. The van der Waals surface area contributed by atoms with Crippen LogP contribution < -0.4 is 9.47 Å². The molecule has 0 unspecified atom stereocenters. The number of phenols is 2. The zero-order valence-electron chi connectivity index (χ0n) is 29.4. The lowest BCUT2D eigenvalue weighted by Gasteiger charge is -2.32. The third-order valence-corrected chi connectivity index (χ3v) is 9.27. The van der Waals surface area contributed by atoms with Crippen LogP contribution in [0.3, 0.4) is 0 Å². The number of rotatable bonds is 9. The molecule has 45 heavy (non-hydrogen) atoms. The summed E-state index contributed by atoms with van der Waals surface area (Å²) >= 11 is 0. The monoisotopic (exact) mass is 608 g/mol. The predicted molar refractivity (Wildman–Crippen MR) is 190 cm³/mol. The number of ether oxygens (including phenoxy) is 2. The molecule has 0 atom stereocenters. The van der Waals surface area contributed by atoms with Crippen molar-refractivity contribution in [2.45, 2.75) is 100 Å². The Kier molecular flexibility index (Phi) is 9.41. The van der Waals surface area contributed by atoms with Gasteiger partial charge < -0.3 is 19.7 Å². The van der Waals surface area contributed by atoms with Gasteiger partial charge in [-0.05, 0) is 63.0 Å². The molecule has 4 aromatic carbocycles. The Morgan fingerprint density at radius 2 is 1.16 bits per heavy atom. The molecule has 0 aromatic heterocycles. The molecule has 4 aromatic rings. The van der Waals surface area contributed by atoms with E-state index in [1.807, 2.05) is 62.4 Å². The van der Waals surface area contributed by atoms with E-state index in [9.17, 15) is 10.2 Å². The maximum atomic E-state index is 11.6. The molecule has 0 radical (unpaired) electrons. The molecular weight excluding hydrogens is 556 g/mol. The van der Waals surface area contributed by atoms with E-state index in [2.05, 4.69) is 81.4 Å². The summed E-state index contributed by atoms with van der Waals surface area (Å²) in [5.74, 6) is 1.97. The molecule has 0 heterocycles. The highest BCUT2D eigenvalue weighted by atomic mass is 16.7. The quantitative estimate of drug-likeness (QED) is 0.147. The zero-order chi connectivity index (χ0) is 33.5. The number of hydrogen-bond acceptors (Lipinski definition) is 4. The lowest BCUT2D eigenvalue weighted by atomic mass is 9.75. The van der Waals surface area contributed by atoms with Crippen LogP contribution in [0.1, 0.15) is 97.9 Å². The predicted octanol–water partition coefficient (Wildman–Crippen LogP) is 11.3. The first-order valence-electron chi connectivity index (χ1n) is 16.0. The minimum atomic E-state index is -0.443. The number of allylic oxidation sites excluding steroid dienone is 4. The van der Waals surface area contributed by atoms with Gasteiger partial charge in [0.1, 0.15) is 23.0 Å². The molecule has 0 aliphatic heterocycles. The average molecular weight is 609 g/mol. The van der Waals surface area contributed by atoms with Crippen molar-refractivity contribution in [2.24, 2.45) is 5.41 Å². The van der Waals surface area contributed by atoms with Crippen molar-refractivity contribution in [1.29, 1.82) is 0 Å². The first-order valence-corrected chi connectivity index (χ1v) is 16.0. The van der Waals surface area contributed by atoms with Crippen LogP contribution in [-0.4, -0.2) is 17.0 Å². The van der Waals surface area contributed by atoms with Crippen molar-refractivity contribution >= 4 is 21.5 Å². The number of aromatic hydroxyl groups is 2. The smallest absolute Gasteiger partial charge is 0.230 e. The molecule has 0 amide bonds. The lowest BCUT2D eigenvalue weighted by Crippen LogP contribution is -2.22. The maximum Gasteiger partial charge on any atom is 0.230 e. The van der Waals surface area contributed by atoms with Gasteiger partial charge in [0.05, 0.1) is 0 Å². The molecule has 0 spiro atoms. The van der Waals surface area contributed by atoms with E-state index in [0.717, 1.165) is 50.2 Å². The number of fused-ring (bicyclic) bond motifs is 2. The van der Waals surface area contributed by atoms with Gasteiger partial charge in [0.25, 0.3) is 0 Å². The summed E-state index contributed by atoms with van der Waals surface area (Å²) < 4.78 is 13.2. The molecule has 0 fully saturated rings. The van der Waals surface area contributed by atoms with Gasteiger partial charge in [0.2, 0.25) is 6.79 Å². The average Bonchev–Trinajstić information content (AvgIpc) is 2.95. The van der Waals surface area contributed by atoms with Crippen molar-refractivity contribution < 1.29 is 19.7 Å². The number of hydrogen-bond donors (Lipinski definition) is 2. The van der Waals surface area contributed by atoms with Gasteiger partial charge in [0.15, 0.2) is 0 Å². The first-order chi connectivity index (χ1) is 20.9. The second-order valence-electron chi connectivity index (χ2n) is 15.0. The van der Waals surface area contributed by atoms with Crippen molar-refractivity contribution in [3.05, 3.63) is 94.1 Å². The van der Waals surface area contributed by atoms with Crippen LogP contribution in [0.5, 0.6) is 23.0 Å². The second-order valence-corrected chi connectivity index (χ2v) is 15.0. The van der Waals surface area contributed by atoms with E-state index < -0.39 is 5.41 Å². The lowest BCUT2D eigenvalue weighted by molar-refractivity contribution is 0.120. The van der Waals surface area contributed by atoms with Crippen LogP contribution in [0.15, 0.2) is 71.8 Å². The highest BCUT2D eigenvalue weighted by Crippen LogP contribution is 2.48. The zero-order valence-corrected chi connectivity index (χ0v) is 29.4. The van der Waals surface area contributed by atoms with Crippen LogP contribution >= 0.6 is 0 Å². The van der Waals surface area contributed by atoms with Crippen LogP contribution in [0.25, 0.3) is 21.5 Å². The van der Waals surface area contributed by atoms with Crippen LogP contribution in [0.4, 0.5) is 0 Å². The van der Waals surface area contributed by atoms with Crippen LogP contribution in [0.2, 0.25) is 0 Å². The van der Waals surface area contributed by atoms with Gasteiger partial charge >= 0.3 is 0 Å². The fourth-order valence-corrected chi connectivity index (χ4v) is 6.51. The van der Waals surface area contributed by atoms with E-state index >= 15 is 0 Å². The Bertz CT molecular complexity index is 1790. The largest absolute Gasteiger partial charge is 0.507 e. The van der Waals surface area contributed by atoms with E-state index in [-0.39, 0.29) is 23.4 Å². The molecule has 4 rings (SSSR count). The Morgan fingerprint density at radius 1 is 0.667 bits per heavy atom. The SMILES string of the molecule is CC(C)=CCC(C)(C)c1c(C)c(OCOc2c(C(C)(C)/C=C(\C)C(C)(C)C)c(C)c(O)c3ccccc23)c2ccccc2c1O. The Hall–Kier alpha value is -3.92. The van der Waals surface area contributed by atoms with Gasteiger partial charge in [-0.3, -0.25) is 0 Å². The van der Waals surface area contributed by atoms with Crippen molar-refractivity contribution in [1.82, 2.24) is 0 Å². The minimum Gasteiger partial charge on any atom is -0.507 e. The number of benzene rings is 4. The molecular formula is C41H52O4. The van der Waals surface area contributed by atoms with Gasteiger partial charge in [0, 0.05) is 38.1 Å². The third-order valence-electron chi connectivity index (χ3n) is 9.27. The van der Waals surface area contributed by atoms with Crippen LogP contribution in [0, 0.1) is 19.3 Å². The minimum absolute atomic E-state index is 0.00273. The summed E-state index contributed by atoms with van der Waals surface area (Å²) in [6.45, 7) is 25.6. The van der Waals surface area contributed by atoms with Gasteiger partial charge in [-0.2, -0.15) is 0 Å². The Labute approximate surface area is 270 Å². The summed E-state index contributed by atoms with van der Waals surface area (Å²) in [6.07, 6.45) is 5.29. The molecule has 0 aliphatic carbocycles. The number of phenolic OH excluding ortho intramolecular Hbond substituents is 2. The molecule has 0 bridgehead atoms. The first kappa shape index (κ1) is 34.0. The van der Waals surface area contributed by atoms with E-state index in [4.69, 9.17) is 9.47 Å². The Balaban J connectivity index is 1.85. The third kappa shape index (κ3) is 6.71. The maximum absolute atomic E-state index is 11.6. The molecule has 0 aliphatic rings. The fourth-order valence-electron chi connectivity index (χ4n) is 6.51. The summed E-state index contributed by atoms with van der Waals surface area (Å²) in [6, 6.07) is 15.7. The molecule has 2 N–H and O–H groups in total.